The van der Waals surface area contributed by atoms with E-state index in [1.165, 1.54) is 14.0 Å². The largest absolute Gasteiger partial charge is 0.394 e. The van der Waals surface area contributed by atoms with Gasteiger partial charge in [-0.1, -0.05) is 0 Å². The Balaban J connectivity index is 2.13. The number of aromatic nitrogens is 4. The Labute approximate surface area is 169 Å². The standard InChI is InChI=1S/C16H23N7O7/c1-6(25)8(17)14(28)22(2)12-9-13(20-4-19-12)23(5-21-9)16(15(18)29)11(27)10(26)7(3-24)30-16/h4-8,10-11,24-27H,3,17H2,1-2H3,(H2,18,29)/t6?,7-,8?,10-,11-,16+/m1/s1. The molecule has 30 heavy (non-hydrogen) atoms. The van der Waals surface area contributed by atoms with Crippen LogP contribution in [0.15, 0.2) is 12.7 Å². The van der Waals surface area contributed by atoms with E-state index < -0.39 is 54.6 Å². The monoisotopic (exact) mass is 425 g/mol. The Morgan fingerprint density at radius 2 is 2.03 bits per heavy atom. The summed E-state index contributed by atoms with van der Waals surface area (Å²) in [5.41, 5.74) is 8.85. The first-order chi connectivity index (χ1) is 14.1. The van der Waals surface area contributed by atoms with Crippen LogP contribution >= 0.6 is 0 Å². The summed E-state index contributed by atoms with van der Waals surface area (Å²) in [4.78, 5) is 38.0. The van der Waals surface area contributed by atoms with Crippen molar-refractivity contribution < 1.29 is 34.8 Å². The number of aliphatic hydroxyl groups excluding tert-OH is 4. The van der Waals surface area contributed by atoms with E-state index in [0.717, 1.165) is 22.1 Å². The number of hydrogen-bond acceptors (Lipinski definition) is 11. The van der Waals surface area contributed by atoms with Crippen molar-refractivity contribution in [3.63, 3.8) is 0 Å². The van der Waals surface area contributed by atoms with Gasteiger partial charge >= 0.3 is 0 Å². The van der Waals surface area contributed by atoms with Gasteiger partial charge in [-0.05, 0) is 6.92 Å². The van der Waals surface area contributed by atoms with Crippen LogP contribution in [0.5, 0.6) is 0 Å². The lowest BCUT2D eigenvalue weighted by atomic mass is 10.0. The summed E-state index contributed by atoms with van der Waals surface area (Å²) in [7, 11) is 1.36. The van der Waals surface area contributed by atoms with Crippen LogP contribution in [0.3, 0.4) is 0 Å². The molecule has 2 amide bonds. The fourth-order valence-electron chi connectivity index (χ4n) is 3.32. The van der Waals surface area contributed by atoms with Crippen LogP contribution in [0.25, 0.3) is 11.2 Å². The highest BCUT2D eigenvalue weighted by Gasteiger charge is 2.60. The Morgan fingerprint density at radius 3 is 2.57 bits per heavy atom. The number of hydrogen-bond donors (Lipinski definition) is 6. The number of aliphatic hydroxyl groups is 4. The molecule has 0 spiro atoms. The van der Waals surface area contributed by atoms with E-state index in [1.807, 2.05) is 0 Å². The molecule has 1 aliphatic heterocycles. The molecule has 8 N–H and O–H groups in total. The molecule has 1 saturated heterocycles. The number of carbonyl (C=O) groups excluding carboxylic acids is 2. The number of amides is 2. The number of imidazole rings is 1. The zero-order chi connectivity index (χ0) is 22.4. The molecule has 1 fully saturated rings. The van der Waals surface area contributed by atoms with Gasteiger partial charge in [-0.3, -0.25) is 19.1 Å². The third-order valence-electron chi connectivity index (χ3n) is 5.09. The molecule has 2 unspecified atom stereocenters. The molecule has 0 radical (unpaired) electrons. The average Bonchev–Trinajstić information content (AvgIpc) is 3.26. The number of ether oxygens (including phenoxy) is 1. The normalized spacial score (nSPS) is 28.4. The number of carbonyl (C=O) groups is 2. The summed E-state index contributed by atoms with van der Waals surface area (Å²) >= 11 is 0. The van der Waals surface area contributed by atoms with Crippen molar-refractivity contribution >= 4 is 28.8 Å². The number of rotatable bonds is 6. The summed E-state index contributed by atoms with van der Waals surface area (Å²) in [5, 5.41) is 39.6. The molecule has 2 aromatic heterocycles. The van der Waals surface area contributed by atoms with Gasteiger partial charge in [-0.25, -0.2) is 15.0 Å². The molecule has 1 aliphatic rings. The van der Waals surface area contributed by atoms with E-state index in [4.69, 9.17) is 16.2 Å². The van der Waals surface area contributed by atoms with Gasteiger partial charge in [0, 0.05) is 7.05 Å². The fourth-order valence-corrected chi connectivity index (χ4v) is 3.32. The molecule has 0 aliphatic carbocycles. The third kappa shape index (κ3) is 3.10. The topological polar surface area (TPSA) is 223 Å². The van der Waals surface area contributed by atoms with Crippen molar-refractivity contribution in [1.29, 1.82) is 0 Å². The summed E-state index contributed by atoms with van der Waals surface area (Å²) in [5.74, 6) is -1.81. The van der Waals surface area contributed by atoms with Gasteiger partial charge in [0.25, 0.3) is 11.6 Å². The van der Waals surface area contributed by atoms with Crippen LogP contribution in [-0.4, -0.2) is 95.9 Å². The molecular weight excluding hydrogens is 402 g/mol. The molecule has 14 heteroatoms. The fraction of sp³-hybridized carbons (Fsp3) is 0.562. The SMILES string of the molecule is CC(O)C(N)C(=O)N(C)c1ncnc2c1ncn2[C@]1(C(N)=O)O[C@H](CO)[C@@H](O)[C@H]1O. The number of nitrogens with zero attached hydrogens (tertiary/aromatic N) is 5. The smallest absolute Gasteiger partial charge is 0.274 e. The first-order valence-corrected chi connectivity index (χ1v) is 8.92. The Morgan fingerprint density at radius 1 is 1.37 bits per heavy atom. The maximum atomic E-state index is 12.5. The molecule has 14 nitrogen and oxygen atoms in total. The number of nitrogens with two attached hydrogens (primary N) is 2. The van der Waals surface area contributed by atoms with E-state index in [-0.39, 0.29) is 17.0 Å². The predicted octanol–water partition coefficient (Wildman–Crippen LogP) is -4.25. The van der Waals surface area contributed by atoms with Gasteiger partial charge in [-0.15, -0.1) is 0 Å². The maximum Gasteiger partial charge on any atom is 0.274 e. The Kier molecular flexibility index (Phi) is 5.72. The van der Waals surface area contributed by atoms with Crippen molar-refractivity contribution in [2.24, 2.45) is 11.5 Å². The van der Waals surface area contributed by atoms with Gasteiger partial charge in [0.15, 0.2) is 17.0 Å². The van der Waals surface area contributed by atoms with Crippen molar-refractivity contribution in [1.82, 2.24) is 19.5 Å². The number of fused-ring (bicyclic) bond motifs is 1. The Bertz CT molecular complexity index is 967. The molecular formula is C16H23N7O7. The van der Waals surface area contributed by atoms with Crippen LogP contribution in [-0.2, 0) is 20.1 Å². The molecule has 0 aromatic carbocycles. The van der Waals surface area contributed by atoms with Crippen LogP contribution in [0.2, 0.25) is 0 Å². The quantitative estimate of drug-likeness (QED) is 0.260. The minimum absolute atomic E-state index is 0.00575. The van der Waals surface area contributed by atoms with E-state index in [2.05, 4.69) is 15.0 Å². The van der Waals surface area contributed by atoms with E-state index in [1.54, 1.807) is 0 Å². The van der Waals surface area contributed by atoms with Crippen molar-refractivity contribution in [2.75, 3.05) is 18.6 Å². The van der Waals surface area contributed by atoms with Gasteiger partial charge in [0.1, 0.15) is 37.0 Å². The van der Waals surface area contributed by atoms with E-state index in [0.29, 0.717) is 0 Å². The highest BCUT2D eigenvalue weighted by atomic mass is 16.6. The number of anilines is 1. The zero-order valence-corrected chi connectivity index (χ0v) is 16.2. The minimum Gasteiger partial charge on any atom is -0.394 e. The first kappa shape index (κ1) is 21.9. The first-order valence-electron chi connectivity index (χ1n) is 8.92. The lowest BCUT2D eigenvalue weighted by Crippen LogP contribution is -2.54. The minimum atomic E-state index is -2.31. The second-order valence-electron chi connectivity index (χ2n) is 6.98. The van der Waals surface area contributed by atoms with Crippen molar-refractivity contribution in [2.45, 2.75) is 43.1 Å². The zero-order valence-electron chi connectivity index (χ0n) is 16.2. The van der Waals surface area contributed by atoms with Gasteiger partial charge in [0.2, 0.25) is 5.91 Å². The van der Waals surface area contributed by atoms with Crippen LogP contribution < -0.4 is 16.4 Å². The number of likely N-dealkylation sites (N-methyl/N-ethyl adjacent to an activating group) is 1. The summed E-state index contributed by atoms with van der Waals surface area (Å²) < 4.78 is 6.46. The molecule has 0 saturated carbocycles. The maximum absolute atomic E-state index is 12.5. The predicted molar refractivity (Wildman–Crippen MR) is 99.5 cm³/mol. The third-order valence-corrected chi connectivity index (χ3v) is 5.09. The average molecular weight is 425 g/mol. The van der Waals surface area contributed by atoms with E-state index >= 15 is 0 Å². The second-order valence-corrected chi connectivity index (χ2v) is 6.98. The number of primary amides is 1. The van der Waals surface area contributed by atoms with Gasteiger partial charge in [0.05, 0.1) is 12.7 Å². The lowest BCUT2D eigenvalue weighted by Gasteiger charge is -2.30. The molecule has 2 aromatic rings. The highest BCUT2D eigenvalue weighted by molar-refractivity contribution is 6.01. The molecule has 164 valence electrons. The summed E-state index contributed by atoms with van der Waals surface area (Å²) in [6, 6.07) is -1.22. The lowest BCUT2D eigenvalue weighted by molar-refractivity contribution is -0.172. The molecule has 6 atom stereocenters. The van der Waals surface area contributed by atoms with Crippen LogP contribution in [0.4, 0.5) is 5.82 Å². The Hall–Kier alpha value is -2.75. The van der Waals surface area contributed by atoms with Crippen LogP contribution in [0, 0.1) is 0 Å². The molecule has 3 rings (SSSR count). The van der Waals surface area contributed by atoms with Crippen molar-refractivity contribution in [3.05, 3.63) is 12.7 Å². The van der Waals surface area contributed by atoms with Gasteiger partial charge in [-0.2, -0.15) is 0 Å². The van der Waals surface area contributed by atoms with Crippen molar-refractivity contribution in [3.8, 4) is 0 Å². The summed E-state index contributed by atoms with van der Waals surface area (Å²) in [6.45, 7) is 0.674. The molecule has 3 heterocycles. The molecule has 0 bridgehead atoms. The van der Waals surface area contributed by atoms with E-state index in [9.17, 15) is 30.0 Å². The van der Waals surface area contributed by atoms with Gasteiger partial charge < -0.3 is 36.6 Å². The second kappa shape index (κ2) is 7.82. The van der Waals surface area contributed by atoms with Crippen LogP contribution in [0.1, 0.15) is 6.92 Å². The summed E-state index contributed by atoms with van der Waals surface area (Å²) in [6.07, 6.45) is -3.72. The highest BCUT2D eigenvalue weighted by Crippen LogP contribution is 2.38.